The van der Waals surface area contributed by atoms with Crippen molar-refractivity contribution in [3.8, 4) is 22.9 Å². The fourth-order valence-electron chi connectivity index (χ4n) is 5.27. The van der Waals surface area contributed by atoms with Gasteiger partial charge in [-0.15, -0.1) is 0 Å². The Morgan fingerprint density at radius 3 is 2.53 bits per heavy atom. The van der Waals surface area contributed by atoms with Crippen molar-refractivity contribution in [2.75, 3.05) is 24.6 Å². The molecule has 2 fully saturated rings. The van der Waals surface area contributed by atoms with Crippen LogP contribution in [0.15, 0.2) is 36.8 Å². The Morgan fingerprint density at radius 1 is 1.18 bits per heavy atom. The number of amides is 2. The van der Waals surface area contributed by atoms with E-state index in [1.54, 1.807) is 23.1 Å². The minimum atomic E-state index is -1.17. The number of pyridine rings is 2. The Kier molecular flexibility index (Phi) is 6.57. The molecule has 0 spiro atoms. The third kappa shape index (κ3) is 4.69. The van der Waals surface area contributed by atoms with Gasteiger partial charge in [0.2, 0.25) is 5.91 Å². The highest BCUT2D eigenvalue weighted by molar-refractivity contribution is 5.91. The summed E-state index contributed by atoms with van der Waals surface area (Å²) < 4.78 is 7.36. The van der Waals surface area contributed by atoms with Crippen LogP contribution < -0.4 is 20.3 Å². The second-order valence-electron chi connectivity index (χ2n) is 10.3. The van der Waals surface area contributed by atoms with E-state index in [2.05, 4.69) is 26.7 Å². The van der Waals surface area contributed by atoms with Crippen molar-refractivity contribution < 1.29 is 19.4 Å². The summed E-state index contributed by atoms with van der Waals surface area (Å²) in [5.74, 6) is 1.25. The lowest BCUT2D eigenvalue weighted by Gasteiger charge is -2.45. The molecule has 2 amide bonds. The molecule has 198 valence electrons. The van der Waals surface area contributed by atoms with Gasteiger partial charge in [0.15, 0.2) is 0 Å². The van der Waals surface area contributed by atoms with Crippen molar-refractivity contribution in [1.29, 1.82) is 5.26 Å². The molecule has 1 aliphatic carbocycles. The smallest absolute Gasteiger partial charge is 0.405 e. The van der Waals surface area contributed by atoms with Gasteiger partial charge in [0.05, 0.1) is 30.1 Å². The van der Waals surface area contributed by atoms with E-state index in [1.807, 2.05) is 32.0 Å². The number of anilines is 1. The van der Waals surface area contributed by atoms with Gasteiger partial charge in [0.1, 0.15) is 23.2 Å². The Bertz CT molecular complexity index is 1400. The van der Waals surface area contributed by atoms with Gasteiger partial charge < -0.3 is 25.4 Å². The van der Waals surface area contributed by atoms with Gasteiger partial charge in [-0.1, -0.05) is 0 Å². The molecule has 0 aromatic carbocycles. The molecule has 38 heavy (non-hydrogen) atoms. The van der Waals surface area contributed by atoms with Crippen LogP contribution in [0.2, 0.25) is 0 Å². The zero-order valence-corrected chi connectivity index (χ0v) is 21.5. The van der Waals surface area contributed by atoms with E-state index in [-0.39, 0.29) is 5.91 Å². The van der Waals surface area contributed by atoms with Crippen LogP contribution in [0.25, 0.3) is 16.6 Å². The van der Waals surface area contributed by atoms with E-state index in [4.69, 9.17) is 14.8 Å². The maximum atomic E-state index is 13.0. The Morgan fingerprint density at radius 2 is 1.95 bits per heavy atom. The third-order valence-corrected chi connectivity index (χ3v) is 7.67. The van der Waals surface area contributed by atoms with Crippen LogP contribution in [0, 0.1) is 11.3 Å². The number of aromatic nitrogens is 3. The first-order valence-corrected chi connectivity index (χ1v) is 12.9. The summed E-state index contributed by atoms with van der Waals surface area (Å²) in [5, 5.41) is 28.6. The van der Waals surface area contributed by atoms with Crippen LogP contribution in [0.3, 0.4) is 0 Å². The highest BCUT2D eigenvalue weighted by atomic mass is 16.5. The number of fused-ring (bicyclic) bond motifs is 1. The largest absolute Gasteiger partial charge is 0.492 e. The molecule has 3 aromatic heterocycles. The number of nitrogens with one attached hydrogen (secondary N) is 2. The number of ether oxygens (including phenoxy) is 1. The highest BCUT2D eigenvalue weighted by Gasteiger charge is 2.47. The van der Waals surface area contributed by atoms with Crippen molar-refractivity contribution >= 4 is 23.3 Å². The second kappa shape index (κ2) is 9.85. The maximum Gasteiger partial charge on any atom is 0.405 e. The topological polar surface area (TPSA) is 145 Å². The number of carbonyl (C=O) groups is 2. The average Bonchev–Trinajstić information content (AvgIpc) is 3.29. The summed E-state index contributed by atoms with van der Waals surface area (Å²) in [6.45, 7) is 5.85. The molecule has 3 aromatic rings. The van der Waals surface area contributed by atoms with E-state index in [0.29, 0.717) is 62.2 Å². The number of hydrogen-bond donors (Lipinski definition) is 3. The Balaban J connectivity index is 1.29. The summed E-state index contributed by atoms with van der Waals surface area (Å²) in [6, 6.07) is 8.05. The predicted molar refractivity (Wildman–Crippen MR) is 140 cm³/mol. The van der Waals surface area contributed by atoms with Crippen LogP contribution in [0.4, 0.5) is 10.6 Å². The van der Waals surface area contributed by atoms with Gasteiger partial charge in [-0.25, -0.2) is 14.3 Å². The quantitative estimate of drug-likeness (QED) is 0.433. The summed E-state index contributed by atoms with van der Waals surface area (Å²) in [5.41, 5.74) is 1.43. The summed E-state index contributed by atoms with van der Waals surface area (Å²) in [4.78, 5) is 31.1. The molecule has 5 rings (SSSR count). The molecule has 0 unspecified atom stereocenters. The van der Waals surface area contributed by atoms with E-state index in [1.165, 1.54) is 0 Å². The summed E-state index contributed by atoms with van der Waals surface area (Å²) in [6.07, 6.45) is 7.24. The van der Waals surface area contributed by atoms with E-state index >= 15 is 0 Å². The Labute approximate surface area is 220 Å². The first-order chi connectivity index (χ1) is 18.3. The van der Waals surface area contributed by atoms with Crippen LogP contribution in [0.1, 0.15) is 51.5 Å². The van der Waals surface area contributed by atoms with Crippen molar-refractivity contribution in [3.05, 3.63) is 42.4 Å². The fraction of sp³-hybridized carbons (Fsp3) is 0.444. The minimum absolute atomic E-state index is 0.234. The summed E-state index contributed by atoms with van der Waals surface area (Å²) >= 11 is 0. The molecule has 2 aliphatic rings. The van der Waals surface area contributed by atoms with E-state index in [0.717, 1.165) is 23.4 Å². The monoisotopic (exact) mass is 517 g/mol. The molecule has 0 atom stereocenters. The minimum Gasteiger partial charge on any atom is -0.492 e. The number of hydrogen-bond acceptors (Lipinski definition) is 7. The molecule has 1 aliphatic heterocycles. The SMILES string of the molecule is CCOc1cc(-c2ccc(N3CCC(C)(NC(=O)C4(NC(=O)O)CCC4)CC3)nc2)c2c(C#N)cnn2c1. The number of nitrogens with zero attached hydrogens (tertiary/aromatic N) is 5. The molecule has 0 bridgehead atoms. The molecule has 1 saturated heterocycles. The number of carbonyl (C=O) groups excluding carboxylic acids is 1. The molecule has 4 heterocycles. The fourth-order valence-corrected chi connectivity index (χ4v) is 5.27. The van der Waals surface area contributed by atoms with Gasteiger partial charge in [-0.3, -0.25) is 4.79 Å². The number of carboxylic acid groups (broad SMARTS) is 1. The summed E-state index contributed by atoms with van der Waals surface area (Å²) in [7, 11) is 0. The molecule has 0 radical (unpaired) electrons. The zero-order valence-electron chi connectivity index (χ0n) is 21.5. The highest BCUT2D eigenvalue weighted by Crippen LogP contribution is 2.35. The van der Waals surface area contributed by atoms with E-state index in [9.17, 15) is 14.9 Å². The van der Waals surface area contributed by atoms with Gasteiger partial charge in [-0.2, -0.15) is 10.4 Å². The first kappa shape index (κ1) is 25.3. The van der Waals surface area contributed by atoms with Crippen LogP contribution in [-0.2, 0) is 4.79 Å². The maximum absolute atomic E-state index is 13.0. The molecule has 1 saturated carbocycles. The van der Waals surface area contributed by atoms with Gasteiger partial charge in [0.25, 0.3) is 0 Å². The number of rotatable bonds is 7. The predicted octanol–water partition coefficient (Wildman–Crippen LogP) is 3.33. The van der Waals surface area contributed by atoms with Crippen molar-refractivity contribution in [2.45, 2.75) is 57.0 Å². The average molecular weight is 518 g/mol. The lowest BCUT2D eigenvalue weighted by molar-refractivity contribution is -0.133. The van der Waals surface area contributed by atoms with Crippen molar-refractivity contribution in [3.63, 3.8) is 0 Å². The number of nitriles is 1. The van der Waals surface area contributed by atoms with E-state index < -0.39 is 17.2 Å². The van der Waals surface area contributed by atoms with Crippen molar-refractivity contribution in [1.82, 2.24) is 25.2 Å². The molecule has 11 nitrogen and oxygen atoms in total. The lowest BCUT2D eigenvalue weighted by Crippen LogP contribution is -2.66. The van der Waals surface area contributed by atoms with Crippen LogP contribution >= 0.6 is 0 Å². The van der Waals surface area contributed by atoms with Crippen LogP contribution in [-0.4, -0.2) is 62.5 Å². The zero-order chi connectivity index (χ0) is 26.9. The van der Waals surface area contributed by atoms with Gasteiger partial charge in [-0.05, 0) is 64.2 Å². The second-order valence-corrected chi connectivity index (χ2v) is 10.3. The van der Waals surface area contributed by atoms with Crippen molar-refractivity contribution in [2.24, 2.45) is 0 Å². The lowest BCUT2D eigenvalue weighted by atomic mass is 9.75. The molecule has 11 heteroatoms. The molecule has 3 N–H and O–H groups in total. The third-order valence-electron chi connectivity index (χ3n) is 7.67. The van der Waals surface area contributed by atoms with Gasteiger partial charge >= 0.3 is 6.09 Å². The van der Waals surface area contributed by atoms with Gasteiger partial charge in [0, 0.05) is 36.0 Å². The first-order valence-electron chi connectivity index (χ1n) is 12.9. The standard InChI is InChI=1S/C27H31N7O4/c1-3-38-20-13-21(23-19(14-28)16-30-34(23)17-20)18-5-6-22(29-15-18)33-11-9-26(2,10-12-33)31-24(35)27(7-4-8-27)32-25(36)37/h5-6,13,15-17,32H,3-4,7-12H2,1-2H3,(H,31,35)(H,36,37). The molecular formula is C27H31N7O4. The molecular weight excluding hydrogens is 486 g/mol. The Hall–Kier alpha value is -4.33. The normalized spacial score (nSPS) is 17.8. The van der Waals surface area contributed by atoms with Crippen LogP contribution in [0.5, 0.6) is 5.75 Å². The number of piperidine rings is 1.